The van der Waals surface area contributed by atoms with Crippen molar-refractivity contribution in [1.82, 2.24) is 9.97 Å². The maximum Gasteiger partial charge on any atom is 0.393 e. The van der Waals surface area contributed by atoms with Crippen molar-refractivity contribution in [2.24, 2.45) is 0 Å². The molecule has 0 saturated heterocycles. The minimum Gasteiger partial charge on any atom is -0.233 e. The number of fused-ring (bicyclic) bond motifs is 1. The molecule has 0 saturated carbocycles. The van der Waals surface area contributed by atoms with Crippen LogP contribution in [0.1, 0.15) is 11.4 Å². The van der Waals surface area contributed by atoms with Crippen LogP contribution in [0.4, 0.5) is 13.2 Å². The van der Waals surface area contributed by atoms with Crippen LogP contribution in [0, 0.1) is 6.92 Å². The van der Waals surface area contributed by atoms with Gasteiger partial charge in [0.25, 0.3) is 0 Å². The Hall–Kier alpha value is -1.36. The third-order valence-electron chi connectivity index (χ3n) is 2.23. The summed E-state index contributed by atoms with van der Waals surface area (Å²) in [5.41, 5.74) is 0.600. The maximum atomic E-state index is 12.2. The minimum atomic E-state index is -4.22. The largest absolute Gasteiger partial charge is 0.393 e. The first-order chi connectivity index (χ1) is 7.85. The van der Waals surface area contributed by atoms with E-state index in [1.807, 2.05) is 0 Å². The van der Waals surface area contributed by atoms with Crippen LogP contribution in [0.3, 0.4) is 0 Å². The highest BCUT2D eigenvalue weighted by atomic mass is 35.5. The van der Waals surface area contributed by atoms with E-state index in [0.29, 0.717) is 16.7 Å². The lowest BCUT2D eigenvalue weighted by molar-refractivity contribution is -0.127. The first-order valence-corrected chi connectivity index (χ1v) is 5.22. The summed E-state index contributed by atoms with van der Waals surface area (Å²) in [6, 6.07) is 4.29. The molecular formula is C11H8ClF3N2. The highest BCUT2D eigenvalue weighted by Gasteiger charge is 2.27. The SMILES string of the molecule is Cc1nc(Cl)c2ccc(CC(F)(F)F)cc2n1. The van der Waals surface area contributed by atoms with Crippen molar-refractivity contribution >= 4 is 22.5 Å². The van der Waals surface area contributed by atoms with Gasteiger partial charge >= 0.3 is 6.18 Å². The van der Waals surface area contributed by atoms with E-state index in [2.05, 4.69) is 9.97 Å². The van der Waals surface area contributed by atoms with Gasteiger partial charge in [0.15, 0.2) is 0 Å². The van der Waals surface area contributed by atoms with E-state index in [4.69, 9.17) is 11.6 Å². The molecule has 90 valence electrons. The monoisotopic (exact) mass is 260 g/mol. The lowest BCUT2D eigenvalue weighted by Gasteiger charge is -2.07. The molecular weight excluding hydrogens is 253 g/mol. The van der Waals surface area contributed by atoms with Crippen LogP contribution >= 0.6 is 11.6 Å². The number of nitrogens with zero attached hydrogens (tertiary/aromatic N) is 2. The fourth-order valence-corrected chi connectivity index (χ4v) is 1.87. The van der Waals surface area contributed by atoms with Crippen molar-refractivity contribution in [2.75, 3.05) is 0 Å². The number of benzene rings is 1. The second-order valence-electron chi connectivity index (χ2n) is 3.71. The number of hydrogen-bond donors (Lipinski definition) is 0. The fourth-order valence-electron chi connectivity index (χ4n) is 1.59. The first-order valence-electron chi connectivity index (χ1n) is 4.85. The molecule has 0 bridgehead atoms. The quantitative estimate of drug-likeness (QED) is 0.731. The van der Waals surface area contributed by atoms with Crippen LogP contribution in [-0.4, -0.2) is 16.1 Å². The molecule has 2 rings (SSSR count). The van der Waals surface area contributed by atoms with Crippen molar-refractivity contribution in [1.29, 1.82) is 0 Å². The third kappa shape index (κ3) is 2.85. The van der Waals surface area contributed by atoms with Gasteiger partial charge in [-0.25, -0.2) is 9.97 Å². The average Bonchev–Trinajstić information content (AvgIpc) is 2.13. The van der Waals surface area contributed by atoms with Gasteiger partial charge in [-0.1, -0.05) is 17.7 Å². The summed E-state index contributed by atoms with van der Waals surface area (Å²) in [5, 5.41) is 0.814. The van der Waals surface area contributed by atoms with Crippen LogP contribution in [-0.2, 0) is 6.42 Å². The predicted molar refractivity (Wildman–Crippen MR) is 59.0 cm³/mol. The van der Waals surface area contributed by atoms with E-state index in [1.54, 1.807) is 6.92 Å². The van der Waals surface area contributed by atoms with E-state index < -0.39 is 12.6 Å². The Balaban J connectivity index is 2.50. The summed E-state index contributed by atoms with van der Waals surface area (Å²) in [4.78, 5) is 8.00. The van der Waals surface area contributed by atoms with Crippen LogP contribution in [0.15, 0.2) is 18.2 Å². The van der Waals surface area contributed by atoms with Gasteiger partial charge in [-0.05, 0) is 24.6 Å². The van der Waals surface area contributed by atoms with Gasteiger partial charge in [-0.2, -0.15) is 13.2 Å². The molecule has 1 aromatic carbocycles. The minimum absolute atomic E-state index is 0.166. The Morgan fingerprint density at radius 2 is 1.94 bits per heavy atom. The lowest BCUT2D eigenvalue weighted by Crippen LogP contribution is -2.11. The Morgan fingerprint density at radius 3 is 2.59 bits per heavy atom. The van der Waals surface area contributed by atoms with Crippen LogP contribution in [0.25, 0.3) is 10.9 Å². The number of hydrogen-bond acceptors (Lipinski definition) is 2. The zero-order chi connectivity index (χ0) is 12.6. The van der Waals surface area contributed by atoms with Crippen molar-refractivity contribution in [3.05, 3.63) is 34.7 Å². The predicted octanol–water partition coefficient (Wildman–Crippen LogP) is 3.70. The molecule has 0 radical (unpaired) electrons. The molecule has 0 unspecified atom stereocenters. The molecule has 6 heteroatoms. The molecule has 0 spiro atoms. The zero-order valence-electron chi connectivity index (χ0n) is 8.85. The molecule has 2 nitrogen and oxygen atoms in total. The summed E-state index contributed by atoms with van der Waals surface area (Å²) >= 11 is 5.87. The standard InChI is InChI=1S/C11H8ClF3N2/c1-6-16-9-4-7(5-11(13,14)15)2-3-8(9)10(12)17-6/h2-4H,5H2,1H3. The van der Waals surface area contributed by atoms with Crippen molar-refractivity contribution in [2.45, 2.75) is 19.5 Å². The number of aromatic nitrogens is 2. The van der Waals surface area contributed by atoms with Gasteiger partial charge in [-0.3, -0.25) is 0 Å². The smallest absolute Gasteiger partial charge is 0.233 e. The number of alkyl halides is 3. The Bertz CT molecular complexity index is 566. The summed E-state index contributed by atoms with van der Waals surface area (Å²) in [6.45, 7) is 1.64. The summed E-state index contributed by atoms with van der Waals surface area (Å²) in [7, 11) is 0. The molecule has 0 fully saturated rings. The molecule has 0 atom stereocenters. The molecule has 1 aromatic heterocycles. The molecule has 0 amide bonds. The Labute approximate surface area is 100 Å². The van der Waals surface area contributed by atoms with Gasteiger partial charge in [-0.15, -0.1) is 0 Å². The van der Waals surface area contributed by atoms with Gasteiger partial charge < -0.3 is 0 Å². The number of halogens is 4. The van der Waals surface area contributed by atoms with Gasteiger partial charge in [0, 0.05) is 5.39 Å². The number of rotatable bonds is 1. The van der Waals surface area contributed by atoms with Gasteiger partial charge in [0.2, 0.25) is 0 Å². The molecule has 0 aliphatic rings. The normalized spacial score (nSPS) is 12.1. The van der Waals surface area contributed by atoms with E-state index in [-0.39, 0.29) is 10.7 Å². The molecule has 2 aromatic rings. The molecule has 0 N–H and O–H groups in total. The average molecular weight is 261 g/mol. The number of aryl methyl sites for hydroxylation is 1. The summed E-state index contributed by atoms with van der Waals surface area (Å²) in [5.74, 6) is 0.437. The third-order valence-corrected chi connectivity index (χ3v) is 2.52. The maximum absolute atomic E-state index is 12.2. The summed E-state index contributed by atoms with van der Waals surface area (Å²) in [6.07, 6.45) is -5.19. The second-order valence-corrected chi connectivity index (χ2v) is 4.06. The molecule has 1 heterocycles. The van der Waals surface area contributed by atoms with Crippen LogP contribution in [0.2, 0.25) is 5.15 Å². The van der Waals surface area contributed by atoms with E-state index in [0.717, 1.165) is 0 Å². The molecule has 0 aliphatic carbocycles. The Kier molecular flexibility index (Phi) is 2.95. The fraction of sp³-hybridized carbons (Fsp3) is 0.273. The van der Waals surface area contributed by atoms with Crippen molar-refractivity contribution in [3.8, 4) is 0 Å². The summed E-state index contributed by atoms with van der Waals surface area (Å²) < 4.78 is 36.7. The van der Waals surface area contributed by atoms with E-state index >= 15 is 0 Å². The molecule has 17 heavy (non-hydrogen) atoms. The highest BCUT2D eigenvalue weighted by Crippen LogP contribution is 2.25. The molecule has 0 aliphatic heterocycles. The van der Waals surface area contributed by atoms with Crippen molar-refractivity contribution < 1.29 is 13.2 Å². The van der Waals surface area contributed by atoms with Gasteiger partial charge in [0.1, 0.15) is 11.0 Å². The first kappa shape index (κ1) is 12.1. The topological polar surface area (TPSA) is 25.8 Å². The van der Waals surface area contributed by atoms with Crippen LogP contribution < -0.4 is 0 Å². The second kappa shape index (κ2) is 4.14. The van der Waals surface area contributed by atoms with Crippen molar-refractivity contribution in [3.63, 3.8) is 0 Å². The zero-order valence-corrected chi connectivity index (χ0v) is 9.60. The van der Waals surface area contributed by atoms with Gasteiger partial charge in [0.05, 0.1) is 11.9 Å². The van der Waals surface area contributed by atoms with E-state index in [9.17, 15) is 13.2 Å². The lowest BCUT2D eigenvalue weighted by atomic mass is 10.1. The Morgan fingerprint density at radius 1 is 1.24 bits per heavy atom. The van der Waals surface area contributed by atoms with Crippen LogP contribution in [0.5, 0.6) is 0 Å². The van der Waals surface area contributed by atoms with E-state index in [1.165, 1.54) is 18.2 Å². The highest BCUT2D eigenvalue weighted by molar-refractivity contribution is 6.34.